The third-order valence-corrected chi connectivity index (χ3v) is 4.18. The van der Waals surface area contributed by atoms with Crippen LogP contribution in [0.2, 0.25) is 0 Å². The van der Waals surface area contributed by atoms with Gasteiger partial charge in [0.05, 0.1) is 0 Å². The minimum absolute atomic E-state index is 0.265. The van der Waals surface area contributed by atoms with Crippen molar-refractivity contribution in [3.63, 3.8) is 0 Å². The molecule has 0 aromatic rings. The van der Waals surface area contributed by atoms with Crippen LogP contribution in [0, 0.1) is 5.41 Å². The second-order valence-electron chi connectivity index (χ2n) is 7.28. The van der Waals surface area contributed by atoms with E-state index in [0.717, 1.165) is 12.8 Å². The Morgan fingerprint density at radius 1 is 0.762 bits per heavy atom. The van der Waals surface area contributed by atoms with Crippen LogP contribution in [0.25, 0.3) is 0 Å². The van der Waals surface area contributed by atoms with Crippen molar-refractivity contribution in [2.45, 2.75) is 97.8 Å². The molecule has 21 heavy (non-hydrogen) atoms. The van der Waals surface area contributed by atoms with Gasteiger partial charge in [0, 0.05) is 6.42 Å². The van der Waals surface area contributed by atoms with Gasteiger partial charge in [-0.05, 0) is 24.7 Å². The van der Waals surface area contributed by atoms with Crippen LogP contribution in [-0.2, 0) is 4.79 Å². The van der Waals surface area contributed by atoms with Crippen LogP contribution in [0.1, 0.15) is 97.8 Å². The molecular formula is C19H36O2. The van der Waals surface area contributed by atoms with Gasteiger partial charge >= 0.3 is 5.97 Å². The summed E-state index contributed by atoms with van der Waals surface area (Å²) in [4.78, 5) is 10.4. The Morgan fingerprint density at radius 3 is 1.43 bits per heavy atom. The molecule has 0 radical (unpaired) electrons. The van der Waals surface area contributed by atoms with E-state index in [-0.39, 0.29) is 5.41 Å². The minimum Gasteiger partial charge on any atom is -0.481 e. The first-order valence-corrected chi connectivity index (χ1v) is 8.74. The maximum absolute atomic E-state index is 10.4. The molecular weight excluding hydrogens is 260 g/mol. The highest BCUT2D eigenvalue weighted by Crippen LogP contribution is 2.27. The van der Waals surface area contributed by atoms with E-state index in [0.29, 0.717) is 6.42 Å². The van der Waals surface area contributed by atoms with Crippen molar-refractivity contribution in [1.29, 1.82) is 0 Å². The molecule has 2 nitrogen and oxygen atoms in total. The minimum atomic E-state index is -0.663. The number of unbranched alkanes of at least 4 members (excludes halogenated alkanes) is 9. The number of hydrogen-bond donors (Lipinski definition) is 1. The van der Waals surface area contributed by atoms with Gasteiger partial charge < -0.3 is 5.11 Å². The van der Waals surface area contributed by atoms with Crippen molar-refractivity contribution in [3.05, 3.63) is 12.2 Å². The fraction of sp³-hybridized carbons (Fsp3) is 0.842. The SMILES string of the molecule is C=C(CCCCCCCCCCCCC(=O)O)C(C)(C)C. The lowest BCUT2D eigenvalue weighted by atomic mass is 9.84. The van der Waals surface area contributed by atoms with E-state index in [4.69, 9.17) is 5.11 Å². The quantitative estimate of drug-likeness (QED) is 0.317. The smallest absolute Gasteiger partial charge is 0.303 e. The Kier molecular flexibility index (Phi) is 11.4. The molecule has 0 fully saturated rings. The third kappa shape index (κ3) is 13.9. The maximum Gasteiger partial charge on any atom is 0.303 e. The van der Waals surface area contributed by atoms with Gasteiger partial charge in [0.15, 0.2) is 0 Å². The molecule has 0 heterocycles. The van der Waals surface area contributed by atoms with Crippen LogP contribution >= 0.6 is 0 Å². The molecule has 124 valence electrons. The molecule has 1 N–H and O–H groups in total. The second-order valence-corrected chi connectivity index (χ2v) is 7.28. The van der Waals surface area contributed by atoms with E-state index in [1.165, 1.54) is 63.4 Å². The van der Waals surface area contributed by atoms with Crippen LogP contribution in [0.15, 0.2) is 12.2 Å². The molecule has 0 aliphatic carbocycles. The van der Waals surface area contributed by atoms with Crippen LogP contribution in [-0.4, -0.2) is 11.1 Å². The lowest BCUT2D eigenvalue weighted by Crippen LogP contribution is -2.07. The van der Waals surface area contributed by atoms with E-state index < -0.39 is 5.97 Å². The van der Waals surface area contributed by atoms with Crippen LogP contribution in [0.5, 0.6) is 0 Å². The van der Waals surface area contributed by atoms with Crippen LogP contribution in [0.4, 0.5) is 0 Å². The summed E-state index contributed by atoms with van der Waals surface area (Å²) < 4.78 is 0. The van der Waals surface area contributed by atoms with Gasteiger partial charge in [-0.15, -0.1) is 0 Å². The summed E-state index contributed by atoms with van der Waals surface area (Å²) in [5.41, 5.74) is 1.64. The van der Waals surface area contributed by atoms with Crippen molar-refractivity contribution in [2.24, 2.45) is 5.41 Å². The Morgan fingerprint density at radius 2 is 1.10 bits per heavy atom. The topological polar surface area (TPSA) is 37.3 Å². The normalized spacial score (nSPS) is 11.6. The van der Waals surface area contributed by atoms with Gasteiger partial charge in [0.1, 0.15) is 0 Å². The standard InChI is InChI=1S/C19H36O2/c1-17(19(2,3)4)15-13-11-9-7-5-6-8-10-12-14-16-18(20)21/h1,5-16H2,2-4H3,(H,20,21). The Balaban J connectivity index is 3.20. The van der Waals surface area contributed by atoms with Gasteiger partial charge in [-0.25, -0.2) is 0 Å². The largest absolute Gasteiger partial charge is 0.481 e. The van der Waals surface area contributed by atoms with Gasteiger partial charge in [-0.2, -0.15) is 0 Å². The van der Waals surface area contributed by atoms with E-state index in [2.05, 4.69) is 27.4 Å². The van der Waals surface area contributed by atoms with Crippen LogP contribution in [0.3, 0.4) is 0 Å². The van der Waals surface area contributed by atoms with Crippen molar-refractivity contribution < 1.29 is 9.90 Å². The summed E-state index contributed by atoms with van der Waals surface area (Å²) in [6.45, 7) is 10.9. The average molecular weight is 296 g/mol. The first kappa shape index (κ1) is 20.2. The predicted molar refractivity (Wildman–Crippen MR) is 91.6 cm³/mol. The zero-order valence-electron chi connectivity index (χ0n) is 14.5. The van der Waals surface area contributed by atoms with E-state index in [9.17, 15) is 4.79 Å². The number of carbonyl (C=O) groups is 1. The molecule has 0 aliphatic rings. The zero-order chi connectivity index (χ0) is 16.1. The first-order chi connectivity index (χ1) is 9.84. The number of carboxylic acids is 1. The highest BCUT2D eigenvalue weighted by Gasteiger charge is 2.13. The Hall–Kier alpha value is -0.790. The Bertz CT molecular complexity index is 286. The molecule has 0 unspecified atom stereocenters. The fourth-order valence-corrected chi connectivity index (χ4v) is 2.40. The summed E-state index contributed by atoms with van der Waals surface area (Å²) >= 11 is 0. The zero-order valence-corrected chi connectivity index (χ0v) is 14.5. The average Bonchev–Trinajstić information content (AvgIpc) is 2.38. The number of rotatable bonds is 13. The number of carboxylic acid groups (broad SMARTS) is 1. The van der Waals surface area contributed by atoms with E-state index in [1.807, 2.05) is 0 Å². The highest BCUT2D eigenvalue weighted by molar-refractivity contribution is 5.66. The number of aliphatic carboxylic acids is 1. The summed E-state index contributed by atoms with van der Waals surface area (Å²) in [6.07, 6.45) is 13.8. The van der Waals surface area contributed by atoms with Crippen molar-refractivity contribution in [3.8, 4) is 0 Å². The first-order valence-electron chi connectivity index (χ1n) is 8.74. The molecule has 0 spiro atoms. The molecule has 0 saturated heterocycles. The maximum atomic E-state index is 10.4. The molecule has 0 saturated carbocycles. The molecule has 0 bridgehead atoms. The molecule has 0 aliphatic heterocycles. The fourth-order valence-electron chi connectivity index (χ4n) is 2.40. The summed E-state index contributed by atoms with van der Waals surface area (Å²) in [5, 5.41) is 8.53. The number of allylic oxidation sites excluding steroid dienone is 1. The third-order valence-electron chi connectivity index (χ3n) is 4.18. The van der Waals surface area contributed by atoms with Crippen molar-refractivity contribution >= 4 is 5.97 Å². The van der Waals surface area contributed by atoms with Crippen molar-refractivity contribution in [2.75, 3.05) is 0 Å². The van der Waals surface area contributed by atoms with Gasteiger partial charge in [0.2, 0.25) is 0 Å². The van der Waals surface area contributed by atoms with Crippen molar-refractivity contribution in [1.82, 2.24) is 0 Å². The van der Waals surface area contributed by atoms with Gasteiger partial charge in [-0.1, -0.05) is 84.3 Å². The lowest BCUT2D eigenvalue weighted by Gasteiger charge is -2.21. The Labute approximate surface area is 132 Å². The molecule has 0 aromatic heterocycles. The van der Waals surface area contributed by atoms with E-state index >= 15 is 0 Å². The van der Waals surface area contributed by atoms with Crippen LogP contribution < -0.4 is 0 Å². The molecule has 0 aromatic carbocycles. The second kappa shape index (κ2) is 11.8. The summed E-state index contributed by atoms with van der Waals surface area (Å²) in [6, 6.07) is 0. The van der Waals surface area contributed by atoms with Gasteiger partial charge in [-0.3, -0.25) is 4.79 Å². The molecule has 2 heteroatoms. The van der Waals surface area contributed by atoms with Gasteiger partial charge in [0.25, 0.3) is 0 Å². The summed E-state index contributed by atoms with van der Waals surface area (Å²) in [5.74, 6) is -0.663. The monoisotopic (exact) mass is 296 g/mol. The highest BCUT2D eigenvalue weighted by atomic mass is 16.4. The summed E-state index contributed by atoms with van der Waals surface area (Å²) in [7, 11) is 0. The lowest BCUT2D eigenvalue weighted by molar-refractivity contribution is -0.137. The predicted octanol–water partition coefficient (Wildman–Crippen LogP) is 6.35. The molecule has 0 amide bonds. The number of hydrogen-bond acceptors (Lipinski definition) is 1. The van der Waals surface area contributed by atoms with E-state index in [1.54, 1.807) is 0 Å². The molecule has 0 atom stereocenters. The molecule has 0 rings (SSSR count).